The van der Waals surface area contributed by atoms with Gasteiger partial charge >= 0.3 is 5.97 Å². The Morgan fingerprint density at radius 2 is 1.82 bits per heavy atom. The van der Waals surface area contributed by atoms with Crippen LogP contribution >= 0.6 is 0 Å². The topological polar surface area (TPSA) is 66.8 Å². The number of rotatable bonds is 4. The molecule has 0 bridgehead atoms. The van der Waals surface area contributed by atoms with E-state index in [2.05, 4.69) is 0 Å². The molecule has 0 heterocycles. The van der Waals surface area contributed by atoms with Crippen LogP contribution in [0.4, 0.5) is 0 Å². The van der Waals surface area contributed by atoms with Gasteiger partial charge in [0.05, 0.1) is 12.7 Å². The Labute approximate surface area is 129 Å². The second-order valence-corrected chi connectivity index (χ2v) is 5.09. The summed E-state index contributed by atoms with van der Waals surface area (Å²) in [6.07, 6.45) is 1.53. The molecule has 0 saturated carbocycles. The highest BCUT2D eigenvalue weighted by Crippen LogP contribution is 2.28. The normalized spacial score (nSPS) is 11.3. The van der Waals surface area contributed by atoms with Gasteiger partial charge in [0.15, 0.2) is 11.5 Å². The monoisotopic (exact) mass is 298 g/mol. The third-order valence-electron chi connectivity index (χ3n) is 3.56. The number of aryl methyl sites for hydroxylation is 2. The molecular weight excluding hydrogens is 280 g/mol. The maximum Gasteiger partial charge on any atom is 0.336 e. The number of hydrogen-bond acceptors (Lipinski definition) is 3. The van der Waals surface area contributed by atoms with Crippen LogP contribution in [-0.4, -0.2) is 23.3 Å². The summed E-state index contributed by atoms with van der Waals surface area (Å²) in [4.78, 5) is 11.6. The largest absolute Gasteiger partial charge is 0.504 e. The second-order valence-electron chi connectivity index (χ2n) is 5.09. The summed E-state index contributed by atoms with van der Waals surface area (Å²) in [5.74, 6) is -0.695. The van der Waals surface area contributed by atoms with Crippen molar-refractivity contribution in [1.82, 2.24) is 0 Å². The molecule has 0 fully saturated rings. The van der Waals surface area contributed by atoms with Crippen LogP contribution in [0, 0.1) is 13.8 Å². The molecule has 0 saturated heterocycles. The van der Waals surface area contributed by atoms with Crippen LogP contribution in [0.1, 0.15) is 22.3 Å². The molecule has 0 aromatic heterocycles. The first-order chi connectivity index (χ1) is 10.4. The first kappa shape index (κ1) is 15.6. The molecule has 0 aliphatic rings. The lowest BCUT2D eigenvalue weighted by molar-refractivity contribution is -0.130. The van der Waals surface area contributed by atoms with E-state index in [-0.39, 0.29) is 11.3 Å². The van der Waals surface area contributed by atoms with E-state index in [0.29, 0.717) is 16.9 Å². The van der Waals surface area contributed by atoms with Gasteiger partial charge < -0.3 is 14.9 Å². The number of carboxylic acids is 1. The lowest BCUT2D eigenvalue weighted by atomic mass is 9.98. The maximum atomic E-state index is 11.6. The van der Waals surface area contributed by atoms with Crippen molar-refractivity contribution in [3.63, 3.8) is 0 Å². The van der Waals surface area contributed by atoms with Crippen LogP contribution in [0.3, 0.4) is 0 Å². The zero-order chi connectivity index (χ0) is 16.3. The van der Waals surface area contributed by atoms with Crippen molar-refractivity contribution in [2.45, 2.75) is 13.8 Å². The number of phenols is 1. The molecule has 2 aromatic carbocycles. The third kappa shape index (κ3) is 3.28. The predicted octanol–water partition coefficient (Wildman–Crippen LogP) is 3.64. The van der Waals surface area contributed by atoms with Crippen LogP contribution in [0.5, 0.6) is 11.5 Å². The van der Waals surface area contributed by atoms with E-state index in [1.54, 1.807) is 18.2 Å². The van der Waals surface area contributed by atoms with Gasteiger partial charge in [0.1, 0.15) is 0 Å². The fraction of sp³-hybridized carbons (Fsp3) is 0.167. The summed E-state index contributed by atoms with van der Waals surface area (Å²) in [5.41, 5.74) is 3.53. The number of ether oxygens (including phenoxy) is 1. The van der Waals surface area contributed by atoms with Gasteiger partial charge in [-0.3, -0.25) is 0 Å². The van der Waals surface area contributed by atoms with Crippen molar-refractivity contribution in [2.75, 3.05) is 7.11 Å². The van der Waals surface area contributed by atoms with Gasteiger partial charge in [-0.15, -0.1) is 0 Å². The number of aliphatic carboxylic acids is 1. The van der Waals surface area contributed by atoms with E-state index in [1.807, 2.05) is 26.0 Å². The molecule has 0 amide bonds. The van der Waals surface area contributed by atoms with Crippen LogP contribution in [0.2, 0.25) is 0 Å². The van der Waals surface area contributed by atoms with Crippen molar-refractivity contribution in [1.29, 1.82) is 0 Å². The first-order valence-electron chi connectivity index (χ1n) is 6.82. The van der Waals surface area contributed by atoms with E-state index in [9.17, 15) is 15.0 Å². The number of benzene rings is 2. The Bertz CT molecular complexity index is 745. The first-order valence-corrected chi connectivity index (χ1v) is 6.82. The highest BCUT2D eigenvalue weighted by molar-refractivity contribution is 6.20. The molecule has 0 aliphatic carbocycles. The number of aromatic hydroxyl groups is 1. The third-order valence-corrected chi connectivity index (χ3v) is 3.56. The Balaban J connectivity index is 2.49. The summed E-state index contributed by atoms with van der Waals surface area (Å²) in [7, 11) is 1.46. The zero-order valence-electron chi connectivity index (χ0n) is 12.8. The van der Waals surface area contributed by atoms with Gasteiger partial charge in [0.2, 0.25) is 0 Å². The Morgan fingerprint density at radius 3 is 2.36 bits per heavy atom. The van der Waals surface area contributed by atoms with Crippen LogP contribution in [-0.2, 0) is 4.79 Å². The molecule has 2 aromatic rings. The molecular formula is C18H18O4. The van der Waals surface area contributed by atoms with Gasteiger partial charge in [-0.25, -0.2) is 4.79 Å². The molecule has 4 nitrogen and oxygen atoms in total. The van der Waals surface area contributed by atoms with Gasteiger partial charge in [-0.05, 0) is 54.3 Å². The summed E-state index contributed by atoms with van der Waals surface area (Å²) >= 11 is 0. The van der Waals surface area contributed by atoms with Crippen molar-refractivity contribution in [2.24, 2.45) is 0 Å². The lowest BCUT2D eigenvalue weighted by Crippen LogP contribution is -2.00. The zero-order valence-corrected chi connectivity index (χ0v) is 12.8. The molecule has 0 aliphatic heterocycles. The molecule has 114 valence electrons. The minimum Gasteiger partial charge on any atom is -0.504 e. The van der Waals surface area contributed by atoms with Crippen LogP contribution in [0.25, 0.3) is 11.6 Å². The molecule has 4 heteroatoms. The SMILES string of the molecule is COc1ccc(/C=C(\C(=O)O)c2ccc(C)c(C)c2)cc1O. The fourth-order valence-corrected chi connectivity index (χ4v) is 2.14. The van der Waals surface area contributed by atoms with Gasteiger partial charge in [0.25, 0.3) is 0 Å². The summed E-state index contributed by atoms with van der Waals surface area (Å²) in [5, 5.41) is 19.3. The highest BCUT2D eigenvalue weighted by atomic mass is 16.5. The number of carboxylic acid groups (broad SMARTS) is 1. The molecule has 2 rings (SSSR count). The standard InChI is InChI=1S/C18H18O4/c1-11-4-6-14(8-12(11)2)15(18(20)21)9-13-5-7-17(22-3)16(19)10-13/h4-10,19H,1-3H3,(H,20,21)/b15-9-. The van der Waals surface area contributed by atoms with Crippen LogP contribution in [0.15, 0.2) is 36.4 Å². The van der Waals surface area contributed by atoms with Crippen LogP contribution < -0.4 is 4.74 Å². The molecule has 0 unspecified atom stereocenters. The van der Waals surface area contributed by atoms with E-state index in [0.717, 1.165) is 11.1 Å². The Morgan fingerprint density at radius 1 is 1.09 bits per heavy atom. The smallest absolute Gasteiger partial charge is 0.336 e. The molecule has 2 N–H and O–H groups in total. The summed E-state index contributed by atoms with van der Waals surface area (Å²) < 4.78 is 4.98. The minimum absolute atomic E-state index is 0.0268. The van der Waals surface area contributed by atoms with Crippen molar-refractivity contribution in [3.8, 4) is 11.5 Å². The minimum atomic E-state index is -1.02. The number of hydrogen-bond donors (Lipinski definition) is 2. The van der Waals surface area contributed by atoms with Crippen molar-refractivity contribution in [3.05, 3.63) is 58.7 Å². The van der Waals surface area contributed by atoms with Gasteiger partial charge in [-0.1, -0.05) is 24.3 Å². The Hall–Kier alpha value is -2.75. The molecule has 0 spiro atoms. The van der Waals surface area contributed by atoms with E-state index in [4.69, 9.17) is 4.74 Å². The summed E-state index contributed by atoms with van der Waals surface area (Å²) in [6.45, 7) is 3.92. The quantitative estimate of drug-likeness (QED) is 0.668. The van der Waals surface area contributed by atoms with E-state index < -0.39 is 5.97 Å². The molecule has 0 radical (unpaired) electrons. The second kappa shape index (κ2) is 6.35. The average Bonchev–Trinajstić information content (AvgIpc) is 2.47. The predicted molar refractivity (Wildman–Crippen MR) is 86.1 cm³/mol. The fourth-order valence-electron chi connectivity index (χ4n) is 2.14. The lowest BCUT2D eigenvalue weighted by Gasteiger charge is -2.08. The van der Waals surface area contributed by atoms with Crippen molar-refractivity contribution < 1.29 is 19.7 Å². The number of phenolic OH excluding ortho intramolecular Hbond substituents is 1. The number of methoxy groups -OCH3 is 1. The van der Waals surface area contributed by atoms with E-state index >= 15 is 0 Å². The number of carbonyl (C=O) groups is 1. The molecule has 0 atom stereocenters. The van der Waals surface area contributed by atoms with Gasteiger partial charge in [-0.2, -0.15) is 0 Å². The van der Waals surface area contributed by atoms with Crippen molar-refractivity contribution >= 4 is 17.6 Å². The highest BCUT2D eigenvalue weighted by Gasteiger charge is 2.12. The maximum absolute atomic E-state index is 11.6. The molecule has 22 heavy (non-hydrogen) atoms. The van der Waals surface area contributed by atoms with E-state index in [1.165, 1.54) is 19.3 Å². The average molecular weight is 298 g/mol. The Kier molecular flexibility index (Phi) is 4.51. The van der Waals surface area contributed by atoms with Gasteiger partial charge in [0, 0.05) is 0 Å². The summed E-state index contributed by atoms with van der Waals surface area (Å²) in [6, 6.07) is 10.3.